The van der Waals surface area contributed by atoms with Crippen molar-refractivity contribution in [3.8, 4) is 0 Å². The van der Waals surface area contributed by atoms with Gasteiger partial charge in [0.1, 0.15) is 6.61 Å². The number of aliphatic hydroxyl groups excluding tert-OH is 1. The Bertz CT molecular complexity index is 367. The van der Waals surface area contributed by atoms with E-state index in [0.717, 1.165) is 44.9 Å². The molecule has 2 unspecified atom stereocenters. The van der Waals surface area contributed by atoms with Crippen LogP contribution in [0.4, 0.5) is 0 Å². The van der Waals surface area contributed by atoms with Crippen molar-refractivity contribution in [2.75, 3.05) is 13.2 Å². The normalized spacial score (nSPS) is 13.5. The van der Waals surface area contributed by atoms with Gasteiger partial charge in [0.15, 0.2) is 6.10 Å². The van der Waals surface area contributed by atoms with Crippen LogP contribution < -0.4 is 0 Å². The highest BCUT2D eigenvalue weighted by atomic mass is 16.6. The lowest BCUT2D eigenvalue weighted by Crippen LogP contribution is -2.28. The van der Waals surface area contributed by atoms with Gasteiger partial charge in [-0.2, -0.15) is 0 Å². The molecule has 0 aromatic rings. The quantitative estimate of drug-likeness (QED) is 0.315. The molecule has 0 aromatic carbocycles. The Labute approximate surface area is 159 Å². The first-order chi connectivity index (χ1) is 12.4. The topological polar surface area (TPSA) is 72.8 Å². The zero-order valence-corrected chi connectivity index (χ0v) is 17.3. The fourth-order valence-corrected chi connectivity index (χ4v) is 2.59. The van der Waals surface area contributed by atoms with Crippen molar-refractivity contribution < 1.29 is 24.2 Å². The number of ether oxygens (including phenoxy) is 2. The summed E-state index contributed by atoms with van der Waals surface area (Å²) in [6.45, 7) is 8.35. The van der Waals surface area contributed by atoms with Crippen LogP contribution in [0, 0.1) is 11.8 Å². The smallest absolute Gasteiger partial charge is 0.306 e. The highest BCUT2D eigenvalue weighted by molar-refractivity contribution is 5.70. The molecule has 0 aliphatic carbocycles. The molecule has 154 valence electrons. The molecular formula is C21H40O5. The van der Waals surface area contributed by atoms with Crippen LogP contribution in [0.25, 0.3) is 0 Å². The Balaban J connectivity index is 3.79. The van der Waals surface area contributed by atoms with Gasteiger partial charge in [-0.25, -0.2) is 0 Å². The summed E-state index contributed by atoms with van der Waals surface area (Å²) in [6, 6.07) is 0. The average Bonchev–Trinajstić information content (AvgIpc) is 2.61. The van der Waals surface area contributed by atoms with Crippen molar-refractivity contribution in [3.63, 3.8) is 0 Å². The van der Waals surface area contributed by atoms with E-state index in [4.69, 9.17) is 9.47 Å². The van der Waals surface area contributed by atoms with E-state index in [-0.39, 0.29) is 25.2 Å². The molecule has 0 aliphatic rings. The van der Waals surface area contributed by atoms with Gasteiger partial charge in [-0.3, -0.25) is 9.59 Å². The second kappa shape index (κ2) is 16.1. The summed E-state index contributed by atoms with van der Waals surface area (Å²) in [5.74, 6) is 0.744. The van der Waals surface area contributed by atoms with Crippen LogP contribution in [0.15, 0.2) is 0 Å². The van der Waals surface area contributed by atoms with Crippen LogP contribution in [0.2, 0.25) is 0 Å². The lowest BCUT2D eigenvalue weighted by Gasteiger charge is -2.16. The number of esters is 2. The minimum absolute atomic E-state index is 0.0695. The number of carbonyl (C=O) groups excluding carboxylic acids is 2. The van der Waals surface area contributed by atoms with E-state index in [0.29, 0.717) is 24.7 Å². The van der Waals surface area contributed by atoms with E-state index in [9.17, 15) is 14.7 Å². The van der Waals surface area contributed by atoms with Gasteiger partial charge < -0.3 is 14.6 Å². The first-order valence-electron chi connectivity index (χ1n) is 10.3. The van der Waals surface area contributed by atoms with Gasteiger partial charge in [0.25, 0.3) is 0 Å². The largest absolute Gasteiger partial charge is 0.462 e. The molecule has 0 aliphatic heterocycles. The molecule has 0 fully saturated rings. The van der Waals surface area contributed by atoms with Gasteiger partial charge in [-0.15, -0.1) is 0 Å². The second-order valence-electron chi connectivity index (χ2n) is 7.73. The maximum atomic E-state index is 11.8. The second-order valence-corrected chi connectivity index (χ2v) is 7.73. The molecule has 26 heavy (non-hydrogen) atoms. The molecule has 5 nitrogen and oxygen atoms in total. The number of hydrogen-bond donors (Lipinski definition) is 1. The summed E-state index contributed by atoms with van der Waals surface area (Å²) >= 11 is 0. The van der Waals surface area contributed by atoms with Gasteiger partial charge in [0.05, 0.1) is 6.61 Å². The van der Waals surface area contributed by atoms with Crippen LogP contribution in [-0.4, -0.2) is 36.4 Å². The van der Waals surface area contributed by atoms with Gasteiger partial charge in [0, 0.05) is 12.8 Å². The summed E-state index contributed by atoms with van der Waals surface area (Å²) in [4.78, 5) is 23.5. The Hall–Kier alpha value is -1.10. The van der Waals surface area contributed by atoms with Gasteiger partial charge in [-0.05, 0) is 24.7 Å². The summed E-state index contributed by atoms with van der Waals surface area (Å²) in [7, 11) is 0. The first kappa shape index (κ1) is 24.9. The maximum absolute atomic E-state index is 11.8. The summed E-state index contributed by atoms with van der Waals surface area (Å²) < 4.78 is 10.3. The minimum atomic E-state index is -0.762. The average molecular weight is 373 g/mol. The molecule has 0 saturated carbocycles. The zero-order chi connectivity index (χ0) is 19.8. The SMILES string of the molecule is CCC(C)CCCCC(=O)OC(CO)COC(=O)CCCCCC(C)C. The molecular weight excluding hydrogens is 332 g/mol. The first-order valence-corrected chi connectivity index (χ1v) is 10.3. The predicted octanol–water partition coefficient (Wildman–Crippen LogP) is 4.65. The number of aliphatic hydroxyl groups is 1. The van der Waals surface area contributed by atoms with E-state index in [1.165, 1.54) is 6.42 Å². The van der Waals surface area contributed by atoms with Crippen molar-refractivity contribution in [3.05, 3.63) is 0 Å². The molecule has 0 bridgehead atoms. The van der Waals surface area contributed by atoms with Gasteiger partial charge in [0.2, 0.25) is 0 Å². The van der Waals surface area contributed by atoms with Crippen LogP contribution in [0.5, 0.6) is 0 Å². The third-order valence-electron chi connectivity index (χ3n) is 4.62. The molecule has 0 heterocycles. The van der Waals surface area contributed by atoms with E-state index < -0.39 is 6.10 Å². The Morgan fingerprint density at radius 2 is 1.50 bits per heavy atom. The molecule has 0 amide bonds. The predicted molar refractivity (Wildman–Crippen MR) is 104 cm³/mol. The van der Waals surface area contributed by atoms with Crippen molar-refractivity contribution in [1.82, 2.24) is 0 Å². The third kappa shape index (κ3) is 15.2. The Kier molecular flexibility index (Phi) is 15.4. The molecule has 0 aromatic heterocycles. The fourth-order valence-electron chi connectivity index (χ4n) is 2.59. The molecule has 1 N–H and O–H groups in total. The van der Waals surface area contributed by atoms with E-state index in [1.54, 1.807) is 0 Å². The standard InChI is InChI=1S/C21H40O5/c1-5-18(4)12-9-10-14-21(24)26-19(15-22)16-25-20(23)13-8-6-7-11-17(2)3/h17-19,22H,5-16H2,1-4H3. The van der Waals surface area contributed by atoms with Gasteiger partial charge >= 0.3 is 11.9 Å². The lowest BCUT2D eigenvalue weighted by atomic mass is 10.0. The van der Waals surface area contributed by atoms with Crippen molar-refractivity contribution in [1.29, 1.82) is 0 Å². The summed E-state index contributed by atoms with van der Waals surface area (Å²) in [6.07, 6.45) is 8.14. The van der Waals surface area contributed by atoms with Crippen LogP contribution >= 0.6 is 0 Å². The van der Waals surface area contributed by atoms with E-state index in [1.807, 2.05) is 0 Å². The maximum Gasteiger partial charge on any atom is 0.306 e. The minimum Gasteiger partial charge on any atom is -0.462 e. The van der Waals surface area contributed by atoms with E-state index in [2.05, 4.69) is 27.7 Å². The molecule has 0 rings (SSSR count). The molecule has 5 heteroatoms. The molecule has 0 saturated heterocycles. The monoisotopic (exact) mass is 372 g/mol. The van der Waals surface area contributed by atoms with Crippen LogP contribution in [0.1, 0.15) is 91.9 Å². The molecule has 2 atom stereocenters. The number of rotatable bonds is 16. The molecule has 0 radical (unpaired) electrons. The summed E-state index contributed by atoms with van der Waals surface area (Å²) in [5.41, 5.74) is 0. The lowest BCUT2D eigenvalue weighted by molar-refractivity contribution is -0.161. The van der Waals surface area contributed by atoms with Gasteiger partial charge in [-0.1, -0.05) is 66.2 Å². The Morgan fingerprint density at radius 3 is 2.12 bits per heavy atom. The highest BCUT2D eigenvalue weighted by Crippen LogP contribution is 2.13. The zero-order valence-electron chi connectivity index (χ0n) is 17.3. The van der Waals surface area contributed by atoms with Crippen LogP contribution in [0.3, 0.4) is 0 Å². The van der Waals surface area contributed by atoms with Crippen molar-refractivity contribution in [2.45, 2.75) is 98.0 Å². The Morgan fingerprint density at radius 1 is 0.885 bits per heavy atom. The third-order valence-corrected chi connectivity index (χ3v) is 4.62. The van der Waals surface area contributed by atoms with Crippen molar-refractivity contribution >= 4 is 11.9 Å². The van der Waals surface area contributed by atoms with Crippen LogP contribution in [-0.2, 0) is 19.1 Å². The summed E-state index contributed by atoms with van der Waals surface area (Å²) in [5, 5.41) is 9.29. The fraction of sp³-hybridized carbons (Fsp3) is 0.905. The number of hydrogen-bond acceptors (Lipinski definition) is 5. The number of carbonyl (C=O) groups is 2. The molecule has 0 spiro atoms. The number of unbranched alkanes of at least 4 members (excludes halogenated alkanes) is 3. The van der Waals surface area contributed by atoms with E-state index >= 15 is 0 Å². The highest BCUT2D eigenvalue weighted by Gasteiger charge is 2.16. The van der Waals surface area contributed by atoms with Crippen molar-refractivity contribution in [2.24, 2.45) is 11.8 Å².